The highest BCUT2D eigenvalue weighted by Gasteiger charge is 1.99. The molecule has 0 spiro atoms. The zero-order valence-corrected chi connectivity index (χ0v) is 10.5. The van der Waals surface area contributed by atoms with Crippen LogP contribution in [0, 0.1) is 0 Å². The minimum atomic E-state index is 0.104. The average molecular weight is 241 g/mol. The molecule has 0 N–H and O–H groups in total. The fraction of sp³-hybridized carbons (Fsp3) is 0.800. The molecule has 0 saturated carbocycles. The largest absolute Gasteiger partial charge is 0.133 e. The van der Waals surface area contributed by atoms with Crippen LogP contribution < -0.4 is 0 Å². The Morgan fingerprint density at radius 3 is 2.77 bits per heavy atom. The van der Waals surface area contributed by atoms with Crippen LogP contribution in [-0.4, -0.2) is 17.0 Å². The van der Waals surface area contributed by atoms with Crippen LogP contribution in [0.2, 0.25) is 0 Å². The summed E-state index contributed by atoms with van der Waals surface area (Å²) >= 11 is 13.2. The van der Waals surface area contributed by atoms with E-state index in [0.717, 1.165) is 5.75 Å². The summed E-state index contributed by atoms with van der Waals surface area (Å²) in [7, 11) is 0. The molecule has 0 aliphatic carbocycles. The molecule has 1 atom stereocenters. The Morgan fingerprint density at radius 2 is 2.15 bits per heavy atom. The van der Waals surface area contributed by atoms with Gasteiger partial charge in [-0.15, -0.1) is 35.0 Å². The van der Waals surface area contributed by atoms with Crippen molar-refractivity contribution >= 4 is 35.0 Å². The van der Waals surface area contributed by atoms with Gasteiger partial charge < -0.3 is 0 Å². The summed E-state index contributed by atoms with van der Waals surface area (Å²) < 4.78 is 0. The SMILES string of the molecule is CCCCC/C=C/SCC(Cl)CCl. The summed E-state index contributed by atoms with van der Waals surface area (Å²) in [4.78, 5) is 0. The molecule has 0 amide bonds. The molecule has 0 aromatic carbocycles. The second-order valence-corrected chi connectivity index (χ2v) is 4.82. The van der Waals surface area contributed by atoms with Gasteiger partial charge in [0.25, 0.3) is 0 Å². The third-order valence-corrected chi connectivity index (χ3v) is 3.61. The molecule has 0 bridgehead atoms. The highest BCUT2D eigenvalue weighted by atomic mass is 35.5. The van der Waals surface area contributed by atoms with E-state index in [1.165, 1.54) is 25.7 Å². The van der Waals surface area contributed by atoms with Gasteiger partial charge in [-0.3, -0.25) is 0 Å². The summed E-state index contributed by atoms with van der Waals surface area (Å²) in [5, 5.41) is 2.24. The highest BCUT2D eigenvalue weighted by molar-refractivity contribution is 8.02. The standard InChI is InChI=1S/C10H18Cl2S/c1-2-3-4-5-6-7-13-9-10(12)8-11/h6-7,10H,2-5,8-9H2,1H3/b7-6+. The van der Waals surface area contributed by atoms with Crippen LogP contribution in [0.4, 0.5) is 0 Å². The van der Waals surface area contributed by atoms with Crippen molar-refractivity contribution in [2.75, 3.05) is 11.6 Å². The zero-order valence-electron chi connectivity index (χ0n) is 8.14. The van der Waals surface area contributed by atoms with E-state index in [1.807, 2.05) is 0 Å². The topological polar surface area (TPSA) is 0 Å². The number of rotatable bonds is 8. The van der Waals surface area contributed by atoms with Crippen LogP contribution in [0.25, 0.3) is 0 Å². The molecule has 0 aliphatic rings. The van der Waals surface area contributed by atoms with Crippen LogP contribution in [0.15, 0.2) is 11.5 Å². The van der Waals surface area contributed by atoms with Gasteiger partial charge >= 0.3 is 0 Å². The first kappa shape index (κ1) is 13.7. The Bertz CT molecular complexity index is 126. The number of hydrogen-bond acceptors (Lipinski definition) is 1. The molecular weight excluding hydrogens is 223 g/mol. The van der Waals surface area contributed by atoms with Crippen molar-refractivity contribution in [3.05, 3.63) is 11.5 Å². The summed E-state index contributed by atoms with van der Waals surface area (Å²) in [6.07, 6.45) is 7.33. The van der Waals surface area contributed by atoms with Crippen LogP contribution in [0.3, 0.4) is 0 Å². The first-order valence-electron chi connectivity index (χ1n) is 4.78. The number of unbranched alkanes of at least 4 members (excludes halogenated alkanes) is 3. The Kier molecular flexibility index (Phi) is 11.3. The van der Waals surface area contributed by atoms with Gasteiger partial charge in [0.05, 0.1) is 5.38 Å². The Balaban J connectivity index is 3.12. The predicted molar refractivity (Wildman–Crippen MR) is 66.1 cm³/mol. The molecule has 1 unspecified atom stereocenters. The first-order valence-corrected chi connectivity index (χ1v) is 6.79. The van der Waals surface area contributed by atoms with E-state index in [0.29, 0.717) is 5.88 Å². The second-order valence-electron chi connectivity index (χ2n) is 2.95. The zero-order chi connectivity index (χ0) is 9.94. The van der Waals surface area contributed by atoms with E-state index < -0.39 is 0 Å². The van der Waals surface area contributed by atoms with Gasteiger partial charge in [-0.1, -0.05) is 25.8 Å². The van der Waals surface area contributed by atoms with Gasteiger partial charge in [0.15, 0.2) is 0 Å². The molecule has 0 heterocycles. The summed E-state index contributed by atoms with van der Waals surface area (Å²) in [5.41, 5.74) is 0. The van der Waals surface area contributed by atoms with E-state index in [-0.39, 0.29) is 5.38 Å². The van der Waals surface area contributed by atoms with Crippen molar-refractivity contribution < 1.29 is 0 Å². The number of thioether (sulfide) groups is 1. The first-order chi connectivity index (χ1) is 6.31. The second kappa shape index (κ2) is 10.7. The molecule has 0 fully saturated rings. The van der Waals surface area contributed by atoms with E-state index >= 15 is 0 Å². The van der Waals surface area contributed by atoms with E-state index in [4.69, 9.17) is 23.2 Å². The van der Waals surface area contributed by atoms with Gasteiger partial charge in [-0.25, -0.2) is 0 Å². The fourth-order valence-corrected chi connectivity index (χ4v) is 2.02. The number of alkyl halides is 2. The van der Waals surface area contributed by atoms with Crippen molar-refractivity contribution in [1.29, 1.82) is 0 Å². The van der Waals surface area contributed by atoms with Gasteiger partial charge in [-0.2, -0.15) is 0 Å². The summed E-state index contributed by atoms with van der Waals surface area (Å²) in [6, 6.07) is 0. The molecule has 0 radical (unpaired) electrons. The van der Waals surface area contributed by atoms with E-state index in [1.54, 1.807) is 11.8 Å². The lowest BCUT2D eigenvalue weighted by molar-refractivity contribution is 0.729. The van der Waals surface area contributed by atoms with Crippen molar-refractivity contribution in [3.8, 4) is 0 Å². The molecule has 13 heavy (non-hydrogen) atoms. The molecule has 0 aliphatic heterocycles. The lowest BCUT2D eigenvalue weighted by Crippen LogP contribution is -2.01. The van der Waals surface area contributed by atoms with E-state index in [2.05, 4.69) is 18.4 Å². The monoisotopic (exact) mass is 240 g/mol. The quantitative estimate of drug-likeness (QED) is 0.440. The van der Waals surface area contributed by atoms with Crippen LogP contribution in [0.5, 0.6) is 0 Å². The smallest absolute Gasteiger partial charge is 0.0565 e. The van der Waals surface area contributed by atoms with Crippen molar-refractivity contribution in [2.45, 2.75) is 38.0 Å². The lowest BCUT2D eigenvalue weighted by atomic mass is 10.2. The third-order valence-electron chi connectivity index (χ3n) is 1.61. The predicted octanol–water partition coefficient (Wildman–Crippen LogP) is 4.66. The Hall–Kier alpha value is 0.670. The van der Waals surface area contributed by atoms with Crippen molar-refractivity contribution in [3.63, 3.8) is 0 Å². The minimum Gasteiger partial charge on any atom is -0.133 e. The molecule has 0 saturated heterocycles. The molecule has 0 rings (SSSR count). The fourth-order valence-electron chi connectivity index (χ4n) is 0.853. The minimum absolute atomic E-state index is 0.104. The van der Waals surface area contributed by atoms with Crippen molar-refractivity contribution in [2.24, 2.45) is 0 Å². The van der Waals surface area contributed by atoms with Crippen LogP contribution >= 0.6 is 35.0 Å². The van der Waals surface area contributed by atoms with Gasteiger partial charge in [0.2, 0.25) is 0 Å². The Morgan fingerprint density at radius 1 is 1.38 bits per heavy atom. The van der Waals surface area contributed by atoms with Crippen molar-refractivity contribution in [1.82, 2.24) is 0 Å². The molecule has 3 heteroatoms. The molecule has 0 aromatic heterocycles. The highest BCUT2D eigenvalue weighted by Crippen LogP contribution is 2.11. The molecule has 0 aromatic rings. The van der Waals surface area contributed by atoms with Crippen LogP contribution in [-0.2, 0) is 0 Å². The van der Waals surface area contributed by atoms with Gasteiger partial charge in [0.1, 0.15) is 0 Å². The maximum atomic E-state index is 5.84. The summed E-state index contributed by atoms with van der Waals surface area (Å²) in [6.45, 7) is 2.22. The Labute approximate surface area is 96.1 Å². The third kappa shape index (κ3) is 10.6. The number of halogens is 2. The average Bonchev–Trinajstić information content (AvgIpc) is 2.16. The maximum absolute atomic E-state index is 5.84. The van der Waals surface area contributed by atoms with Crippen LogP contribution in [0.1, 0.15) is 32.6 Å². The maximum Gasteiger partial charge on any atom is 0.0565 e. The number of hydrogen-bond donors (Lipinski definition) is 0. The normalized spacial score (nSPS) is 13.8. The van der Waals surface area contributed by atoms with Gasteiger partial charge in [0, 0.05) is 11.6 Å². The lowest BCUT2D eigenvalue weighted by Gasteiger charge is -2.00. The van der Waals surface area contributed by atoms with E-state index in [9.17, 15) is 0 Å². The van der Waals surface area contributed by atoms with Gasteiger partial charge in [-0.05, 0) is 18.2 Å². The molecule has 0 nitrogen and oxygen atoms in total. The summed E-state index contributed by atoms with van der Waals surface area (Å²) in [5.74, 6) is 1.45. The number of allylic oxidation sites excluding steroid dienone is 1. The molecule has 78 valence electrons. The molecular formula is C10H18Cl2S.